The van der Waals surface area contributed by atoms with E-state index < -0.39 is 0 Å². The summed E-state index contributed by atoms with van der Waals surface area (Å²) in [6.07, 6.45) is 7.26. The lowest BCUT2D eigenvalue weighted by Crippen LogP contribution is -2.47. The molecule has 1 unspecified atom stereocenters. The fourth-order valence-corrected chi connectivity index (χ4v) is 3.20. The molecular formula is C16H26N4O. The zero-order chi connectivity index (χ0) is 14.5. The van der Waals surface area contributed by atoms with Crippen molar-refractivity contribution in [3.63, 3.8) is 0 Å². The molecule has 1 aromatic rings. The first-order chi connectivity index (χ1) is 10.3. The Hall–Kier alpha value is -1.33. The number of nitrogen functional groups attached to an aromatic ring is 1. The van der Waals surface area contributed by atoms with Crippen molar-refractivity contribution in [2.24, 2.45) is 0 Å². The van der Waals surface area contributed by atoms with Gasteiger partial charge < -0.3 is 15.4 Å². The van der Waals surface area contributed by atoms with E-state index in [-0.39, 0.29) is 0 Å². The normalized spacial score (nSPS) is 23.6. The van der Waals surface area contributed by atoms with Crippen molar-refractivity contribution in [1.82, 2.24) is 9.88 Å². The van der Waals surface area contributed by atoms with Crippen molar-refractivity contribution in [2.75, 3.05) is 50.0 Å². The van der Waals surface area contributed by atoms with Gasteiger partial charge in [0.05, 0.1) is 18.0 Å². The number of hydrogen-bond donors (Lipinski definition) is 1. The Kier molecular flexibility index (Phi) is 4.93. The average molecular weight is 290 g/mol. The van der Waals surface area contributed by atoms with Gasteiger partial charge in [-0.15, -0.1) is 0 Å². The summed E-state index contributed by atoms with van der Waals surface area (Å²) in [6, 6.07) is 3.94. The lowest BCUT2D eigenvalue weighted by atomic mass is 10.1. The zero-order valence-electron chi connectivity index (χ0n) is 12.7. The van der Waals surface area contributed by atoms with Crippen molar-refractivity contribution in [2.45, 2.75) is 31.8 Å². The second-order valence-corrected chi connectivity index (χ2v) is 6.06. The van der Waals surface area contributed by atoms with Gasteiger partial charge in [-0.3, -0.25) is 4.90 Å². The minimum absolute atomic E-state index is 0.533. The molecule has 2 fully saturated rings. The third kappa shape index (κ3) is 4.08. The van der Waals surface area contributed by atoms with Gasteiger partial charge in [0, 0.05) is 32.8 Å². The third-order valence-corrected chi connectivity index (χ3v) is 4.49. The average Bonchev–Trinajstić information content (AvgIpc) is 3.02. The fourth-order valence-electron chi connectivity index (χ4n) is 3.20. The van der Waals surface area contributed by atoms with Crippen molar-refractivity contribution in [3.8, 4) is 0 Å². The smallest absolute Gasteiger partial charge is 0.128 e. The van der Waals surface area contributed by atoms with Crippen LogP contribution in [-0.4, -0.2) is 55.3 Å². The molecule has 0 bridgehead atoms. The van der Waals surface area contributed by atoms with Crippen molar-refractivity contribution in [3.05, 3.63) is 18.3 Å². The van der Waals surface area contributed by atoms with E-state index in [1.165, 1.54) is 32.2 Å². The highest BCUT2D eigenvalue weighted by Crippen LogP contribution is 2.18. The van der Waals surface area contributed by atoms with Gasteiger partial charge in [-0.2, -0.15) is 0 Å². The number of nitrogens with two attached hydrogens (primary N) is 1. The van der Waals surface area contributed by atoms with E-state index >= 15 is 0 Å². The van der Waals surface area contributed by atoms with Gasteiger partial charge in [0.25, 0.3) is 0 Å². The number of ether oxygens (including phenoxy) is 1. The van der Waals surface area contributed by atoms with E-state index in [0.29, 0.717) is 6.10 Å². The molecule has 5 heteroatoms. The lowest BCUT2D eigenvalue weighted by Gasteiger charge is -2.35. The summed E-state index contributed by atoms with van der Waals surface area (Å²) in [4.78, 5) is 9.31. The number of nitrogens with zero attached hydrogens (tertiary/aromatic N) is 3. The molecule has 0 amide bonds. The molecule has 1 atom stereocenters. The Balaban J connectivity index is 1.37. The van der Waals surface area contributed by atoms with Crippen LogP contribution < -0.4 is 10.6 Å². The number of pyridine rings is 1. The van der Waals surface area contributed by atoms with Crippen LogP contribution in [0.5, 0.6) is 0 Å². The van der Waals surface area contributed by atoms with E-state index in [2.05, 4.69) is 14.8 Å². The van der Waals surface area contributed by atoms with Gasteiger partial charge in [0.15, 0.2) is 0 Å². The molecule has 3 rings (SSSR count). The molecule has 5 nitrogen and oxygen atoms in total. The van der Waals surface area contributed by atoms with Gasteiger partial charge in [0.2, 0.25) is 0 Å². The Bertz CT molecular complexity index is 422. The van der Waals surface area contributed by atoms with E-state index in [4.69, 9.17) is 10.5 Å². The molecule has 0 aromatic carbocycles. The summed E-state index contributed by atoms with van der Waals surface area (Å²) in [5.74, 6) is 1.04. The maximum absolute atomic E-state index is 5.69. The number of rotatable bonds is 5. The van der Waals surface area contributed by atoms with Crippen LogP contribution in [0.2, 0.25) is 0 Å². The number of piperazine rings is 1. The van der Waals surface area contributed by atoms with Gasteiger partial charge in [-0.1, -0.05) is 0 Å². The van der Waals surface area contributed by atoms with Gasteiger partial charge >= 0.3 is 0 Å². The highest BCUT2D eigenvalue weighted by atomic mass is 16.5. The highest BCUT2D eigenvalue weighted by molar-refractivity contribution is 5.46. The van der Waals surface area contributed by atoms with Crippen LogP contribution in [0.4, 0.5) is 11.5 Å². The second-order valence-electron chi connectivity index (χ2n) is 6.06. The summed E-state index contributed by atoms with van der Waals surface area (Å²) >= 11 is 0. The molecule has 0 radical (unpaired) electrons. The molecule has 1 aromatic heterocycles. The van der Waals surface area contributed by atoms with Gasteiger partial charge in [-0.05, 0) is 44.4 Å². The van der Waals surface area contributed by atoms with Crippen LogP contribution in [0, 0.1) is 0 Å². The zero-order valence-corrected chi connectivity index (χ0v) is 12.7. The first-order valence-corrected chi connectivity index (χ1v) is 8.12. The first-order valence-electron chi connectivity index (χ1n) is 8.12. The molecule has 0 spiro atoms. The van der Waals surface area contributed by atoms with Gasteiger partial charge in [0.1, 0.15) is 5.82 Å². The Labute approximate surface area is 127 Å². The predicted molar refractivity (Wildman–Crippen MR) is 85.5 cm³/mol. The molecule has 21 heavy (non-hydrogen) atoms. The SMILES string of the molecule is Nc1ccc(N2CCN(CCCC3CCCO3)CC2)nc1. The summed E-state index contributed by atoms with van der Waals surface area (Å²) in [7, 11) is 0. The number of aromatic nitrogens is 1. The van der Waals surface area contributed by atoms with Crippen LogP contribution in [-0.2, 0) is 4.74 Å². The molecule has 2 aliphatic heterocycles. The Morgan fingerprint density at radius 2 is 2.10 bits per heavy atom. The summed E-state index contributed by atoms with van der Waals surface area (Å²) in [6.45, 7) is 6.52. The fraction of sp³-hybridized carbons (Fsp3) is 0.688. The van der Waals surface area contributed by atoms with Crippen LogP contribution in [0.1, 0.15) is 25.7 Å². The number of anilines is 2. The van der Waals surface area contributed by atoms with E-state index in [1.54, 1.807) is 6.20 Å². The summed E-state index contributed by atoms with van der Waals surface area (Å²) < 4.78 is 5.68. The van der Waals surface area contributed by atoms with Crippen molar-refractivity contribution in [1.29, 1.82) is 0 Å². The van der Waals surface area contributed by atoms with E-state index in [1.807, 2.05) is 12.1 Å². The largest absolute Gasteiger partial charge is 0.397 e. The first kappa shape index (κ1) is 14.6. The maximum Gasteiger partial charge on any atom is 0.128 e. The van der Waals surface area contributed by atoms with Crippen LogP contribution in [0.15, 0.2) is 18.3 Å². The third-order valence-electron chi connectivity index (χ3n) is 4.49. The molecule has 0 saturated carbocycles. The lowest BCUT2D eigenvalue weighted by molar-refractivity contribution is 0.0984. The van der Waals surface area contributed by atoms with E-state index in [0.717, 1.165) is 44.3 Å². The van der Waals surface area contributed by atoms with Crippen LogP contribution >= 0.6 is 0 Å². The molecule has 0 aliphatic carbocycles. The van der Waals surface area contributed by atoms with Crippen molar-refractivity contribution >= 4 is 11.5 Å². The Morgan fingerprint density at radius 1 is 1.24 bits per heavy atom. The minimum atomic E-state index is 0.533. The maximum atomic E-state index is 5.69. The molecule has 2 aliphatic rings. The molecule has 116 valence electrons. The standard InChI is InChI=1S/C16H26N4O/c17-14-5-6-16(18-13-14)20-10-8-19(9-11-20)7-1-3-15-4-2-12-21-15/h5-6,13,15H,1-4,7-12,17H2. The van der Waals surface area contributed by atoms with Crippen LogP contribution in [0.25, 0.3) is 0 Å². The predicted octanol–water partition coefficient (Wildman–Crippen LogP) is 1.74. The van der Waals surface area contributed by atoms with Crippen LogP contribution in [0.3, 0.4) is 0 Å². The van der Waals surface area contributed by atoms with Crippen molar-refractivity contribution < 1.29 is 4.74 Å². The Morgan fingerprint density at radius 3 is 2.76 bits per heavy atom. The minimum Gasteiger partial charge on any atom is -0.397 e. The molecule has 3 heterocycles. The topological polar surface area (TPSA) is 54.6 Å². The summed E-state index contributed by atoms with van der Waals surface area (Å²) in [5, 5.41) is 0. The second kappa shape index (κ2) is 7.09. The molecule has 2 saturated heterocycles. The van der Waals surface area contributed by atoms with E-state index in [9.17, 15) is 0 Å². The molecular weight excluding hydrogens is 264 g/mol. The number of hydrogen-bond acceptors (Lipinski definition) is 5. The highest BCUT2D eigenvalue weighted by Gasteiger charge is 2.19. The van der Waals surface area contributed by atoms with Gasteiger partial charge in [-0.25, -0.2) is 4.98 Å². The monoisotopic (exact) mass is 290 g/mol. The summed E-state index contributed by atoms with van der Waals surface area (Å²) in [5.41, 5.74) is 6.41. The molecule has 2 N–H and O–H groups in total. The quantitative estimate of drug-likeness (QED) is 0.895.